The van der Waals surface area contributed by atoms with Gasteiger partial charge in [-0.05, 0) is 6.07 Å². The van der Waals surface area contributed by atoms with Crippen molar-refractivity contribution in [2.45, 2.75) is 9.79 Å². The van der Waals surface area contributed by atoms with E-state index in [-0.39, 0.29) is 32.7 Å². The monoisotopic (exact) mass is 356 g/mol. The van der Waals surface area contributed by atoms with E-state index in [0.717, 1.165) is 0 Å². The summed E-state index contributed by atoms with van der Waals surface area (Å²) in [5.41, 5.74) is 11.0. The van der Waals surface area contributed by atoms with Gasteiger partial charge in [-0.15, -0.1) is 5.69 Å². The minimum Gasteiger partial charge on any atom is -0.698 e. The van der Waals surface area contributed by atoms with Crippen LogP contribution in [0.4, 0.5) is 11.4 Å². The number of rotatable bonds is 2. The molecule has 0 aromatic heterocycles. The van der Waals surface area contributed by atoms with Gasteiger partial charge in [-0.1, -0.05) is 6.07 Å². The van der Waals surface area contributed by atoms with E-state index in [1.807, 2.05) is 0 Å². The Balaban J connectivity index is 0.00000256. The minimum absolute atomic E-state index is 0. The number of nitrogens with one attached hydrogen (secondary N) is 1. The van der Waals surface area contributed by atoms with Gasteiger partial charge in [-0.25, -0.2) is 0 Å². The van der Waals surface area contributed by atoms with Crippen molar-refractivity contribution in [1.29, 1.82) is 0 Å². The van der Waals surface area contributed by atoms with Crippen LogP contribution in [0.5, 0.6) is 0 Å². The first kappa shape index (κ1) is 16.7. The Labute approximate surface area is 123 Å². The summed E-state index contributed by atoms with van der Waals surface area (Å²) in [6.07, 6.45) is 0. The first-order chi connectivity index (χ1) is 7.03. The molecule has 1 aromatic carbocycles. The summed E-state index contributed by atoms with van der Waals surface area (Å²) in [6, 6.07) is 1.12. The van der Waals surface area contributed by atoms with Gasteiger partial charge < -0.3 is 11.5 Å². The summed E-state index contributed by atoms with van der Waals surface area (Å²) < 4.78 is 60.3. The van der Waals surface area contributed by atoms with Crippen molar-refractivity contribution in [2.75, 3.05) is 5.73 Å². The second kappa shape index (κ2) is 5.16. The molecule has 8 nitrogen and oxygen atoms in total. The Kier molecular flexibility index (Phi) is 5.09. The molecule has 0 saturated carbocycles. The number of hydrogen-bond acceptors (Lipinski definition) is 5. The second-order valence-electron chi connectivity index (χ2n) is 2.84. The maximum atomic E-state index is 10.7. The summed E-state index contributed by atoms with van der Waals surface area (Å²) in [7, 11) is -9.30. The van der Waals surface area contributed by atoms with Gasteiger partial charge in [0, 0.05) is 32.7 Å². The Morgan fingerprint density at radius 2 is 1.41 bits per heavy atom. The number of anilines is 1. The summed E-state index contributed by atoms with van der Waals surface area (Å²) in [5.74, 6) is 0. The van der Waals surface area contributed by atoms with Crippen LogP contribution in [-0.2, 0) is 52.9 Å². The van der Waals surface area contributed by atoms with Crippen molar-refractivity contribution in [2.24, 2.45) is 0 Å². The van der Waals surface area contributed by atoms with Crippen LogP contribution in [0.15, 0.2) is 21.9 Å². The van der Waals surface area contributed by atoms with Crippen molar-refractivity contribution < 1.29 is 58.7 Å². The van der Waals surface area contributed by atoms with E-state index in [2.05, 4.69) is 0 Å². The van der Waals surface area contributed by atoms with Gasteiger partial charge in [0.2, 0.25) is 0 Å². The molecule has 17 heavy (non-hydrogen) atoms. The van der Waals surface area contributed by atoms with Crippen molar-refractivity contribution in [3.63, 3.8) is 0 Å². The van der Waals surface area contributed by atoms with Crippen molar-refractivity contribution >= 4 is 31.6 Å². The largest absolute Gasteiger partial charge is 0.698 e. The molecule has 0 aliphatic heterocycles. The number of nitrogen functional groups attached to an aromatic ring is 1. The van der Waals surface area contributed by atoms with E-state index in [4.69, 9.17) is 20.6 Å². The molecule has 0 heterocycles. The molecule has 1 rings (SSSR count). The smallest absolute Gasteiger partial charge is 0.296 e. The fourth-order valence-corrected chi connectivity index (χ4v) is 2.25. The normalized spacial score (nSPS) is 11.9. The molecule has 0 bridgehead atoms. The Morgan fingerprint density at radius 1 is 1.00 bits per heavy atom. The topological polar surface area (TPSA) is 159 Å². The average Bonchev–Trinajstić information content (AvgIpc) is 2.04. The summed E-state index contributed by atoms with van der Waals surface area (Å²) >= 11 is 0. The summed E-state index contributed by atoms with van der Waals surface area (Å²) in [4.78, 5) is -1.62. The third-order valence-electron chi connectivity index (χ3n) is 1.67. The van der Waals surface area contributed by atoms with Crippen molar-refractivity contribution in [3.8, 4) is 0 Å². The van der Waals surface area contributed by atoms with Crippen LogP contribution < -0.4 is 5.73 Å². The Bertz CT molecular complexity index is 581. The SMILES string of the molecule is [NH-]c1cc(S(=O)(=O)O)c(N)cc1S(=O)(=O)O.[Y]. The fraction of sp³-hybridized carbons (Fsp3) is 0. The third kappa shape index (κ3) is 3.86. The first-order valence-electron chi connectivity index (χ1n) is 3.63. The molecular formula is C6H7N2O6S2Y-. The molecule has 1 radical (unpaired) electrons. The van der Waals surface area contributed by atoms with Crippen LogP contribution in [-0.4, -0.2) is 25.9 Å². The molecule has 0 spiro atoms. The van der Waals surface area contributed by atoms with Crippen LogP contribution in [0, 0.1) is 0 Å². The van der Waals surface area contributed by atoms with Gasteiger partial charge in [-0.3, -0.25) is 9.11 Å². The molecule has 0 fully saturated rings. The Morgan fingerprint density at radius 3 is 1.76 bits per heavy atom. The zero-order valence-electron chi connectivity index (χ0n) is 8.15. The number of benzene rings is 1. The predicted octanol–water partition coefficient (Wildman–Crippen LogP) is 0.443. The minimum atomic E-state index is -4.66. The van der Waals surface area contributed by atoms with Gasteiger partial charge in [-0.2, -0.15) is 16.8 Å². The molecule has 0 aliphatic rings. The molecule has 1 aromatic rings. The van der Waals surface area contributed by atoms with Gasteiger partial charge in [0.1, 0.15) is 4.90 Å². The average molecular weight is 356 g/mol. The first-order valence-corrected chi connectivity index (χ1v) is 6.51. The van der Waals surface area contributed by atoms with Gasteiger partial charge in [0.15, 0.2) is 0 Å². The van der Waals surface area contributed by atoms with Gasteiger partial charge in [0.25, 0.3) is 20.2 Å². The molecule has 0 atom stereocenters. The van der Waals surface area contributed by atoms with E-state index in [0.29, 0.717) is 12.1 Å². The van der Waals surface area contributed by atoms with Gasteiger partial charge in [0.05, 0.1) is 10.6 Å². The molecule has 93 valence electrons. The summed E-state index contributed by atoms with van der Waals surface area (Å²) in [5, 5.41) is 0. The second-order valence-corrected chi connectivity index (χ2v) is 5.62. The molecular weight excluding hydrogens is 349 g/mol. The van der Waals surface area contributed by atoms with Crippen LogP contribution in [0.3, 0.4) is 0 Å². The van der Waals surface area contributed by atoms with E-state index < -0.39 is 41.4 Å². The fourth-order valence-electron chi connectivity index (χ4n) is 1.01. The van der Waals surface area contributed by atoms with E-state index in [1.54, 1.807) is 0 Å². The van der Waals surface area contributed by atoms with Crippen LogP contribution >= 0.6 is 0 Å². The molecule has 0 saturated heterocycles. The standard InChI is InChI=1S/C6H7N2O6S2.Y/c7-3-1-5(15(9,10)11)4(8)2-6(3)16(12,13)14;/h1-2,7H,8H2,(H,9,10,11)(H,12,13,14);/q-1;. The molecule has 0 aliphatic carbocycles. The van der Waals surface area contributed by atoms with Crippen LogP contribution in [0.25, 0.3) is 5.73 Å². The van der Waals surface area contributed by atoms with Crippen LogP contribution in [0.2, 0.25) is 0 Å². The quantitative estimate of drug-likeness (QED) is 0.512. The Hall–Kier alpha value is -0.256. The van der Waals surface area contributed by atoms with E-state index >= 15 is 0 Å². The van der Waals surface area contributed by atoms with Gasteiger partial charge >= 0.3 is 0 Å². The molecule has 11 heteroatoms. The van der Waals surface area contributed by atoms with Crippen molar-refractivity contribution in [1.82, 2.24) is 0 Å². The molecule has 0 unspecified atom stereocenters. The maximum absolute atomic E-state index is 10.7. The predicted molar refractivity (Wildman–Crippen MR) is 54.5 cm³/mol. The van der Waals surface area contributed by atoms with Crippen molar-refractivity contribution in [3.05, 3.63) is 17.9 Å². The van der Waals surface area contributed by atoms with E-state index in [1.165, 1.54) is 0 Å². The summed E-state index contributed by atoms with van der Waals surface area (Å²) in [6.45, 7) is 0. The number of nitrogens with two attached hydrogens (primary N) is 1. The van der Waals surface area contributed by atoms with Crippen LogP contribution in [0.1, 0.15) is 0 Å². The molecule has 0 amide bonds. The maximum Gasteiger partial charge on any atom is 0.296 e. The zero-order chi connectivity index (χ0) is 12.7. The van der Waals surface area contributed by atoms with E-state index in [9.17, 15) is 16.8 Å². The molecule has 5 N–H and O–H groups in total. The third-order valence-corrected chi connectivity index (χ3v) is 3.47. The number of hydrogen-bond donors (Lipinski definition) is 3. The zero-order valence-corrected chi connectivity index (χ0v) is 12.6.